The lowest BCUT2D eigenvalue weighted by Crippen LogP contribution is -2.30. The van der Waals surface area contributed by atoms with Gasteiger partial charge in [-0.2, -0.15) is 0 Å². The highest BCUT2D eigenvalue weighted by atomic mass is 16.6. The number of hydrogen-bond donors (Lipinski definition) is 3. The van der Waals surface area contributed by atoms with Crippen LogP contribution in [0.15, 0.2) is 97.8 Å². The zero-order chi connectivity index (χ0) is 49.5. The number of anilines is 2. The van der Waals surface area contributed by atoms with Gasteiger partial charge in [0, 0.05) is 35.7 Å². The van der Waals surface area contributed by atoms with Gasteiger partial charge in [0.2, 0.25) is 11.5 Å². The first-order valence-electron chi connectivity index (χ1n) is 21.7. The minimum atomic E-state index is -0.657. The van der Waals surface area contributed by atoms with Gasteiger partial charge in [0.05, 0.1) is 66.2 Å². The Morgan fingerprint density at radius 1 is 0.623 bits per heavy atom. The van der Waals surface area contributed by atoms with Gasteiger partial charge in [-0.15, -0.1) is 0 Å². The lowest BCUT2D eigenvalue weighted by molar-refractivity contribution is -0.386. The number of methoxy groups -OCH3 is 2. The van der Waals surface area contributed by atoms with E-state index in [0.29, 0.717) is 41.3 Å². The Morgan fingerprint density at radius 2 is 1.06 bits per heavy atom. The predicted molar refractivity (Wildman–Crippen MR) is 249 cm³/mol. The largest absolute Gasteiger partial charge is 0.508 e. The zero-order valence-electron chi connectivity index (χ0n) is 37.9. The molecule has 2 aliphatic rings. The summed E-state index contributed by atoms with van der Waals surface area (Å²) in [6.45, 7) is 2.23. The lowest BCUT2D eigenvalue weighted by atomic mass is 9.89. The van der Waals surface area contributed by atoms with Crippen molar-refractivity contribution in [1.29, 1.82) is 0 Å². The van der Waals surface area contributed by atoms with E-state index in [1.165, 1.54) is 69.6 Å². The molecule has 4 aromatic heterocycles. The van der Waals surface area contributed by atoms with Gasteiger partial charge in [-0.1, -0.05) is 31.2 Å². The molecule has 2 saturated carbocycles. The summed E-state index contributed by atoms with van der Waals surface area (Å²) in [5.41, 5.74) is 13.3. The number of carbonyl (C=O) groups is 2. The highest BCUT2D eigenvalue weighted by molar-refractivity contribution is 5.93. The molecule has 2 aromatic carbocycles. The Morgan fingerprint density at radius 3 is 1.51 bits per heavy atom. The van der Waals surface area contributed by atoms with Gasteiger partial charge < -0.3 is 40.3 Å². The van der Waals surface area contributed by atoms with Crippen molar-refractivity contribution < 1.29 is 48.2 Å². The second-order valence-corrected chi connectivity index (χ2v) is 15.9. The van der Waals surface area contributed by atoms with E-state index in [0.717, 1.165) is 50.0 Å². The Labute approximate surface area is 395 Å². The molecular formula is C47H50N10O12. The molecule has 22 nitrogen and oxygen atoms in total. The minimum absolute atomic E-state index is 0.000851. The number of ether oxygens (including phenoxy) is 5. The van der Waals surface area contributed by atoms with Crippen LogP contribution in [0.3, 0.4) is 0 Å². The second kappa shape index (κ2) is 23.8. The number of nitrogens with zero attached hydrogens (tertiary/aromatic N) is 8. The molecule has 360 valence electrons. The molecule has 0 amide bonds. The molecule has 69 heavy (non-hydrogen) atoms. The van der Waals surface area contributed by atoms with Crippen LogP contribution < -0.4 is 25.7 Å². The van der Waals surface area contributed by atoms with Crippen LogP contribution >= 0.6 is 0 Å². The summed E-state index contributed by atoms with van der Waals surface area (Å²) < 4.78 is 27.0. The number of aromatic nitrogens is 6. The normalized spacial score (nSPS) is 17.3. The van der Waals surface area contributed by atoms with E-state index < -0.39 is 21.8 Å². The van der Waals surface area contributed by atoms with Crippen LogP contribution in [0.4, 0.5) is 23.0 Å². The van der Waals surface area contributed by atoms with Crippen molar-refractivity contribution in [3.05, 3.63) is 129 Å². The maximum absolute atomic E-state index is 11.9. The van der Waals surface area contributed by atoms with Gasteiger partial charge in [-0.25, -0.2) is 29.5 Å². The van der Waals surface area contributed by atoms with Crippen molar-refractivity contribution in [3.63, 3.8) is 0 Å². The van der Waals surface area contributed by atoms with Crippen LogP contribution in [0.2, 0.25) is 0 Å². The number of phenolic OH excluding ortho intramolecular Hbond substituents is 1. The summed E-state index contributed by atoms with van der Waals surface area (Å²) in [4.78, 5) is 68.1. The maximum Gasteiger partial charge on any atom is 0.360 e. The van der Waals surface area contributed by atoms with Gasteiger partial charge in [0.1, 0.15) is 23.9 Å². The Bertz CT molecular complexity index is 2750. The van der Waals surface area contributed by atoms with Crippen molar-refractivity contribution in [2.75, 3.05) is 25.7 Å². The fourth-order valence-corrected chi connectivity index (χ4v) is 7.35. The van der Waals surface area contributed by atoms with E-state index >= 15 is 0 Å². The Kier molecular flexibility index (Phi) is 17.2. The highest BCUT2D eigenvalue weighted by Gasteiger charge is 2.27. The fourth-order valence-electron chi connectivity index (χ4n) is 7.35. The molecule has 5 N–H and O–H groups in total. The van der Waals surface area contributed by atoms with Crippen molar-refractivity contribution in [2.45, 2.75) is 76.6 Å². The van der Waals surface area contributed by atoms with E-state index in [1.807, 2.05) is 24.3 Å². The molecule has 0 aliphatic heterocycles. The van der Waals surface area contributed by atoms with Crippen LogP contribution in [-0.2, 0) is 9.47 Å². The number of nitro groups is 2. The lowest BCUT2D eigenvalue weighted by Gasteiger charge is -2.29. The summed E-state index contributed by atoms with van der Waals surface area (Å²) in [5.74, 6) is 0.762. The molecule has 2 fully saturated rings. The molecule has 0 saturated heterocycles. The van der Waals surface area contributed by atoms with E-state index in [9.17, 15) is 34.9 Å². The van der Waals surface area contributed by atoms with E-state index in [4.69, 9.17) is 30.4 Å². The van der Waals surface area contributed by atoms with Crippen molar-refractivity contribution in [2.24, 2.45) is 5.92 Å². The first-order chi connectivity index (χ1) is 33.2. The predicted octanol–water partition coefficient (Wildman–Crippen LogP) is 7.75. The average Bonchev–Trinajstić information content (AvgIpc) is 3.36. The number of nitrogen functional groups attached to an aromatic ring is 2. The number of hydrogen-bond acceptors (Lipinski definition) is 20. The maximum atomic E-state index is 11.9. The van der Waals surface area contributed by atoms with Crippen molar-refractivity contribution >= 4 is 34.9 Å². The zero-order valence-corrected chi connectivity index (χ0v) is 37.9. The van der Waals surface area contributed by atoms with Gasteiger partial charge in [-0.05, 0) is 81.5 Å². The smallest absolute Gasteiger partial charge is 0.360 e. The molecule has 6 aromatic rings. The van der Waals surface area contributed by atoms with Crippen molar-refractivity contribution in [1.82, 2.24) is 29.9 Å². The number of nitrogens with two attached hydrogens (primary N) is 2. The van der Waals surface area contributed by atoms with E-state index in [1.54, 1.807) is 18.2 Å². The molecule has 8 rings (SSSR count). The number of aromatic hydroxyl groups is 1. The summed E-state index contributed by atoms with van der Waals surface area (Å²) in [7, 11) is 2.49. The summed E-state index contributed by atoms with van der Waals surface area (Å²) in [5, 5.41) is 31.4. The average molecular weight is 947 g/mol. The topological polar surface area (TPSA) is 316 Å². The monoisotopic (exact) mass is 946 g/mol. The molecule has 0 atom stereocenters. The summed E-state index contributed by atoms with van der Waals surface area (Å²) in [6, 6.07) is 16.9. The quantitative estimate of drug-likeness (QED) is 0.0599. The number of rotatable bonds is 12. The van der Waals surface area contributed by atoms with Gasteiger partial charge in [0.25, 0.3) is 0 Å². The minimum Gasteiger partial charge on any atom is -0.508 e. The third-order valence-corrected chi connectivity index (χ3v) is 11.0. The SMILES string of the molecule is CC1CCC(Oc2ccncc2[N+](=O)[O-])CC1.COC(=O)c1nc(-c2cccc(O)c2)cnc1N.COC(=O)c1nc(-c2cccc(OC3CCC(Oc4ccncc4[N+](=O)[O-])CC3)c2)cnc1N. The van der Waals surface area contributed by atoms with Crippen LogP contribution in [0.5, 0.6) is 23.0 Å². The number of pyridine rings is 2. The molecule has 0 spiro atoms. The summed E-state index contributed by atoms with van der Waals surface area (Å²) in [6.07, 6.45) is 15.4. The second-order valence-electron chi connectivity index (χ2n) is 15.9. The number of phenols is 1. The fraction of sp³-hybridized carbons (Fsp3) is 0.319. The standard InChI is InChI=1S/C23H23N5O6.C12H11N3O3.C12H16N2O3/c1-32-23(29)21-22(24)26-12-18(27-21)14-3-2-4-17(11-14)33-15-5-7-16(8-6-15)34-20-9-10-25-13-19(20)28(30)31;1-18-12(17)10-11(13)14-6-9(15-10)7-3-2-4-8(16)5-7;1-9-2-4-10(5-3-9)17-12-6-7-13-8-11(12)14(15)16/h2-4,9-13,15-16H,5-8H2,1H3,(H2,24,26);2-6,16H,1H3,(H2,13,14);6-10H,2-5H2,1H3. The van der Waals surface area contributed by atoms with Gasteiger partial charge in [0.15, 0.2) is 23.0 Å². The molecule has 2 aliphatic carbocycles. The van der Waals surface area contributed by atoms with Crippen molar-refractivity contribution in [3.8, 4) is 45.5 Å². The molecular weight excluding hydrogens is 897 g/mol. The third kappa shape index (κ3) is 13.7. The van der Waals surface area contributed by atoms with Gasteiger partial charge in [-0.3, -0.25) is 30.2 Å². The van der Waals surface area contributed by atoms with Crippen LogP contribution in [0.1, 0.15) is 79.3 Å². The third-order valence-electron chi connectivity index (χ3n) is 11.0. The molecule has 22 heteroatoms. The number of benzene rings is 2. The Balaban J connectivity index is 0.000000188. The van der Waals surface area contributed by atoms with Crippen LogP contribution in [0.25, 0.3) is 22.5 Å². The van der Waals surface area contributed by atoms with E-state index in [2.05, 4.69) is 41.6 Å². The van der Waals surface area contributed by atoms with E-state index in [-0.39, 0.29) is 64.2 Å². The molecule has 4 heterocycles. The molecule has 0 radical (unpaired) electrons. The van der Waals surface area contributed by atoms with Crippen LogP contribution in [0, 0.1) is 26.1 Å². The van der Waals surface area contributed by atoms with Gasteiger partial charge >= 0.3 is 23.3 Å². The highest BCUT2D eigenvalue weighted by Crippen LogP contribution is 2.34. The first-order valence-corrected chi connectivity index (χ1v) is 21.7. The Hall–Kier alpha value is -8.56. The number of esters is 2. The molecule has 0 unspecified atom stereocenters. The summed E-state index contributed by atoms with van der Waals surface area (Å²) >= 11 is 0. The van der Waals surface area contributed by atoms with Crippen LogP contribution in [-0.4, -0.2) is 89.3 Å². The molecule has 0 bridgehead atoms. The number of carbonyl (C=O) groups excluding carboxylic acids is 2. The first kappa shape index (κ1) is 49.9.